The third-order valence-electron chi connectivity index (χ3n) is 2.59. The number of hydrogen-bond donors (Lipinski definition) is 2. The standard InChI is InChI=1S/C13H13N5/c1-9(11-4-2-10(8-14)3-5-11)16-13-7-6-12(15)17-18-13/h2-7,9H,1H3,(H2,15,17)(H,16,18). The van der Waals surface area contributed by atoms with Gasteiger partial charge in [-0.2, -0.15) is 5.26 Å². The van der Waals surface area contributed by atoms with Crippen LogP contribution >= 0.6 is 0 Å². The van der Waals surface area contributed by atoms with E-state index in [0.717, 1.165) is 5.56 Å². The summed E-state index contributed by atoms with van der Waals surface area (Å²) in [6.45, 7) is 2.01. The second-order valence-corrected chi connectivity index (χ2v) is 3.94. The summed E-state index contributed by atoms with van der Waals surface area (Å²) in [5.74, 6) is 1.06. The molecule has 0 aliphatic carbocycles. The summed E-state index contributed by atoms with van der Waals surface area (Å²) >= 11 is 0. The molecular weight excluding hydrogens is 226 g/mol. The minimum Gasteiger partial charge on any atom is -0.382 e. The van der Waals surface area contributed by atoms with Crippen LogP contribution in [0.4, 0.5) is 11.6 Å². The van der Waals surface area contributed by atoms with Crippen molar-refractivity contribution >= 4 is 11.6 Å². The van der Waals surface area contributed by atoms with Gasteiger partial charge in [-0.25, -0.2) is 0 Å². The lowest BCUT2D eigenvalue weighted by Crippen LogP contribution is -2.08. The van der Waals surface area contributed by atoms with E-state index in [1.807, 2.05) is 19.1 Å². The van der Waals surface area contributed by atoms with Gasteiger partial charge in [-0.15, -0.1) is 10.2 Å². The average Bonchev–Trinajstić information content (AvgIpc) is 2.41. The number of anilines is 2. The van der Waals surface area contributed by atoms with Crippen LogP contribution in [-0.2, 0) is 0 Å². The van der Waals surface area contributed by atoms with E-state index in [9.17, 15) is 0 Å². The van der Waals surface area contributed by atoms with Crippen molar-refractivity contribution in [3.05, 3.63) is 47.5 Å². The topological polar surface area (TPSA) is 87.6 Å². The molecule has 2 aromatic rings. The molecule has 0 saturated carbocycles. The first-order chi connectivity index (χ1) is 8.69. The van der Waals surface area contributed by atoms with Crippen LogP contribution in [0.3, 0.4) is 0 Å². The minimum atomic E-state index is 0.0793. The van der Waals surface area contributed by atoms with Crippen molar-refractivity contribution in [3.8, 4) is 6.07 Å². The maximum Gasteiger partial charge on any atom is 0.149 e. The zero-order valence-corrected chi connectivity index (χ0v) is 9.96. The zero-order valence-electron chi connectivity index (χ0n) is 9.96. The second-order valence-electron chi connectivity index (χ2n) is 3.94. The number of nitrogen functional groups attached to an aromatic ring is 1. The van der Waals surface area contributed by atoms with Gasteiger partial charge in [0.1, 0.15) is 11.6 Å². The fourth-order valence-electron chi connectivity index (χ4n) is 1.57. The quantitative estimate of drug-likeness (QED) is 0.856. The van der Waals surface area contributed by atoms with Gasteiger partial charge in [0.15, 0.2) is 0 Å². The Bertz CT molecular complexity index is 553. The molecule has 3 N–H and O–H groups in total. The van der Waals surface area contributed by atoms with Gasteiger partial charge < -0.3 is 11.1 Å². The Kier molecular flexibility index (Phi) is 3.39. The number of nitrogens with one attached hydrogen (secondary N) is 1. The molecule has 18 heavy (non-hydrogen) atoms. The summed E-state index contributed by atoms with van der Waals surface area (Å²) in [6, 6.07) is 13.1. The van der Waals surface area contributed by atoms with E-state index in [2.05, 4.69) is 21.6 Å². The van der Waals surface area contributed by atoms with E-state index in [-0.39, 0.29) is 6.04 Å². The van der Waals surface area contributed by atoms with Gasteiger partial charge in [-0.1, -0.05) is 12.1 Å². The summed E-state index contributed by atoms with van der Waals surface area (Å²) in [5, 5.41) is 19.7. The fraction of sp³-hybridized carbons (Fsp3) is 0.154. The smallest absolute Gasteiger partial charge is 0.149 e. The maximum atomic E-state index is 8.73. The van der Waals surface area contributed by atoms with Crippen LogP contribution in [0.5, 0.6) is 0 Å². The molecule has 1 heterocycles. The van der Waals surface area contributed by atoms with Crippen LogP contribution < -0.4 is 11.1 Å². The van der Waals surface area contributed by atoms with Crippen molar-refractivity contribution in [2.24, 2.45) is 0 Å². The number of nitrogens with zero attached hydrogens (tertiary/aromatic N) is 3. The van der Waals surface area contributed by atoms with Crippen LogP contribution in [0.15, 0.2) is 36.4 Å². The number of nitriles is 1. The third-order valence-corrected chi connectivity index (χ3v) is 2.59. The van der Waals surface area contributed by atoms with Gasteiger partial charge in [0.2, 0.25) is 0 Å². The lowest BCUT2D eigenvalue weighted by molar-refractivity contribution is 0.862. The highest BCUT2D eigenvalue weighted by Gasteiger charge is 2.06. The number of hydrogen-bond acceptors (Lipinski definition) is 5. The predicted molar refractivity (Wildman–Crippen MR) is 69.6 cm³/mol. The highest BCUT2D eigenvalue weighted by molar-refractivity contribution is 5.41. The van der Waals surface area contributed by atoms with Crippen LogP contribution in [0.25, 0.3) is 0 Å². The maximum absolute atomic E-state index is 8.73. The molecule has 5 nitrogen and oxygen atoms in total. The average molecular weight is 239 g/mol. The molecule has 5 heteroatoms. The Balaban J connectivity index is 2.09. The Morgan fingerprint density at radius 1 is 1.17 bits per heavy atom. The largest absolute Gasteiger partial charge is 0.382 e. The Labute approximate surface area is 105 Å². The van der Waals surface area contributed by atoms with Gasteiger partial charge in [0.25, 0.3) is 0 Å². The lowest BCUT2D eigenvalue weighted by atomic mass is 10.1. The van der Waals surface area contributed by atoms with E-state index in [0.29, 0.717) is 17.2 Å². The van der Waals surface area contributed by atoms with Crippen LogP contribution in [-0.4, -0.2) is 10.2 Å². The molecule has 0 aliphatic rings. The molecule has 1 unspecified atom stereocenters. The number of benzene rings is 1. The Morgan fingerprint density at radius 3 is 2.44 bits per heavy atom. The van der Waals surface area contributed by atoms with Crippen molar-refractivity contribution in [1.82, 2.24) is 10.2 Å². The van der Waals surface area contributed by atoms with Crippen molar-refractivity contribution in [2.45, 2.75) is 13.0 Å². The van der Waals surface area contributed by atoms with Crippen molar-refractivity contribution in [2.75, 3.05) is 11.1 Å². The first-order valence-electron chi connectivity index (χ1n) is 5.55. The Morgan fingerprint density at radius 2 is 1.89 bits per heavy atom. The van der Waals surface area contributed by atoms with E-state index >= 15 is 0 Å². The van der Waals surface area contributed by atoms with Gasteiger partial charge >= 0.3 is 0 Å². The normalized spacial score (nSPS) is 11.6. The van der Waals surface area contributed by atoms with Gasteiger partial charge in [-0.05, 0) is 36.8 Å². The molecule has 0 radical (unpaired) electrons. The molecule has 0 amide bonds. The summed E-state index contributed by atoms with van der Waals surface area (Å²) in [6.07, 6.45) is 0. The molecular formula is C13H13N5. The summed E-state index contributed by atoms with van der Waals surface area (Å²) in [7, 11) is 0. The van der Waals surface area contributed by atoms with E-state index in [1.165, 1.54) is 0 Å². The molecule has 0 aliphatic heterocycles. The summed E-state index contributed by atoms with van der Waals surface area (Å²) in [4.78, 5) is 0. The van der Waals surface area contributed by atoms with E-state index in [4.69, 9.17) is 11.0 Å². The third kappa shape index (κ3) is 2.74. The lowest BCUT2D eigenvalue weighted by Gasteiger charge is -2.14. The summed E-state index contributed by atoms with van der Waals surface area (Å²) < 4.78 is 0. The van der Waals surface area contributed by atoms with Crippen LogP contribution in [0.2, 0.25) is 0 Å². The van der Waals surface area contributed by atoms with Crippen molar-refractivity contribution in [3.63, 3.8) is 0 Å². The van der Waals surface area contributed by atoms with Crippen LogP contribution in [0.1, 0.15) is 24.1 Å². The molecule has 1 aromatic heterocycles. The van der Waals surface area contributed by atoms with Gasteiger partial charge in [-0.3, -0.25) is 0 Å². The highest BCUT2D eigenvalue weighted by atomic mass is 15.2. The number of rotatable bonds is 3. The molecule has 1 atom stereocenters. The molecule has 0 spiro atoms. The van der Waals surface area contributed by atoms with Crippen molar-refractivity contribution in [1.29, 1.82) is 5.26 Å². The molecule has 90 valence electrons. The van der Waals surface area contributed by atoms with E-state index < -0.39 is 0 Å². The monoisotopic (exact) mass is 239 g/mol. The number of aromatic nitrogens is 2. The van der Waals surface area contributed by atoms with Gasteiger partial charge in [0.05, 0.1) is 11.6 Å². The van der Waals surface area contributed by atoms with Gasteiger partial charge in [0, 0.05) is 6.04 Å². The minimum absolute atomic E-state index is 0.0793. The number of nitrogens with two attached hydrogens (primary N) is 1. The molecule has 0 saturated heterocycles. The fourth-order valence-corrected chi connectivity index (χ4v) is 1.57. The van der Waals surface area contributed by atoms with Crippen LogP contribution in [0, 0.1) is 11.3 Å². The molecule has 1 aromatic carbocycles. The summed E-state index contributed by atoms with van der Waals surface area (Å²) in [5.41, 5.74) is 7.20. The molecule has 0 bridgehead atoms. The second kappa shape index (κ2) is 5.15. The highest BCUT2D eigenvalue weighted by Crippen LogP contribution is 2.17. The van der Waals surface area contributed by atoms with Crippen molar-refractivity contribution < 1.29 is 0 Å². The predicted octanol–water partition coefficient (Wildman–Crippen LogP) is 2.10. The first kappa shape index (κ1) is 11.9. The molecule has 0 fully saturated rings. The first-order valence-corrected chi connectivity index (χ1v) is 5.55. The zero-order chi connectivity index (χ0) is 13.0. The molecule has 2 rings (SSSR count). The SMILES string of the molecule is CC(Nc1ccc(N)nn1)c1ccc(C#N)cc1. The van der Waals surface area contributed by atoms with E-state index in [1.54, 1.807) is 24.3 Å². The Hall–Kier alpha value is -2.61.